The maximum atomic E-state index is 10.6. The lowest BCUT2D eigenvalue weighted by atomic mass is 10.0. The molecule has 71 valence electrons. The molecule has 12 heavy (non-hydrogen) atoms. The van der Waals surface area contributed by atoms with E-state index in [0.29, 0.717) is 5.78 Å². The zero-order valence-corrected chi connectivity index (χ0v) is 8.44. The van der Waals surface area contributed by atoms with Gasteiger partial charge in [-0.3, -0.25) is 0 Å². The molecule has 0 aliphatic carbocycles. The van der Waals surface area contributed by atoms with Gasteiger partial charge in [-0.2, -0.15) is 0 Å². The fourth-order valence-corrected chi connectivity index (χ4v) is 1.19. The minimum Gasteiger partial charge on any atom is -0.300 e. The minimum atomic E-state index is 0.320. The summed E-state index contributed by atoms with van der Waals surface area (Å²) in [7, 11) is 0. The van der Waals surface area contributed by atoms with Gasteiger partial charge in [0, 0.05) is 6.42 Å². The van der Waals surface area contributed by atoms with E-state index in [9.17, 15) is 4.79 Å². The van der Waals surface area contributed by atoms with Gasteiger partial charge in [0.2, 0.25) is 0 Å². The predicted octanol–water partition coefficient (Wildman–Crippen LogP) is 3.39. The zero-order chi connectivity index (χ0) is 9.40. The number of Topliss-reactive ketones (excluding diaryl/α,β-unsaturated/α-hetero) is 1. The van der Waals surface area contributed by atoms with E-state index in [1.165, 1.54) is 19.3 Å². The molecule has 0 aromatic rings. The van der Waals surface area contributed by atoms with Crippen molar-refractivity contribution >= 4 is 5.78 Å². The van der Waals surface area contributed by atoms with Crippen molar-refractivity contribution in [3.05, 3.63) is 6.92 Å². The summed E-state index contributed by atoms with van der Waals surface area (Å²) in [5.74, 6) is 1.07. The third-order valence-electron chi connectivity index (χ3n) is 2.22. The molecule has 0 fully saturated rings. The molecule has 1 radical (unpaired) electrons. The molecule has 0 aromatic heterocycles. The van der Waals surface area contributed by atoms with Crippen LogP contribution in [0.4, 0.5) is 0 Å². The van der Waals surface area contributed by atoms with Gasteiger partial charge in [-0.05, 0) is 19.3 Å². The van der Waals surface area contributed by atoms with Crippen molar-refractivity contribution in [3.63, 3.8) is 0 Å². The van der Waals surface area contributed by atoms with Crippen molar-refractivity contribution in [2.45, 2.75) is 52.4 Å². The van der Waals surface area contributed by atoms with Crippen molar-refractivity contribution in [1.29, 1.82) is 0 Å². The number of carbonyl (C=O) groups excluding carboxylic acids is 1. The van der Waals surface area contributed by atoms with Crippen LogP contribution < -0.4 is 0 Å². The summed E-state index contributed by atoms with van der Waals surface area (Å²) in [6.07, 6.45) is 6.58. The smallest absolute Gasteiger partial charge is 0.129 e. The lowest BCUT2D eigenvalue weighted by molar-refractivity contribution is -0.117. The normalized spacial score (nSPS) is 12.9. The molecule has 0 heterocycles. The quantitative estimate of drug-likeness (QED) is 0.534. The van der Waals surface area contributed by atoms with E-state index in [2.05, 4.69) is 13.8 Å². The van der Waals surface area contributed by atoms with Crippen molar-refractivity contribution in [3.8, 4) is 0 Å². The van der Waals surface area contributed by atoms with E-state index >= 15 is 0 Å². The van der Waals surface area contributed by atoms with E-state index in [-0.39, 0.29) is 0 Å². The fourth-order valence-electron chi connectivity index (χ4n) is 1.19. The van der Waals surface area contributed by atoms with E-state index in [1.54, 1.807) is 6.92 Å². The van der Waals surface area contributed by atoms with Crippen LogP contribution in [0.5, 0.6) is 0 Å². The Morgan fingerprint density at radius 1 is 1.33 bits per heavy atom. The van der Waals surface area contributed by atoms with Gasteiger partial charge >= 0.3 is 0 Å². The van der Waals surface area contributed by atoms with Gasteiger partial charge in [-0.15, -0.1) is 0 Å². The van der Waals surface area contributed by atoms with Gasteiger partial charge in [0.05, 0.1) is 0 Å². The molecule has 1 heteroatoms. The van der Waals surface area contributed by atoms with Gasteiger partial charge < -0.3 is 4.79 Å². The second-order valence-electron chi connectivity index (χ2n) is 3.70. The van der Waals surface area contributed by atoms with Gasteiger partial charge in [-0.25, -0.2) is 0 Å². The highest BCUT2D eigenvalue weighted by Crippen LogP contribution is 2.12. The van der Waals surface area contributed by atoms with Crippen molar-refractivity contribution in [2.75, 3.05) is 0 Å². The lowest BCUT2D eigenvalue weighted by Crippen LogP contribution is -1.93. The first-order chi connectivity index (χ1) is 5.66. The maximum Gasteiger partial charge on any atom is 0.129 e. The number of carbonyl (C=O) groups is 1. The summed E-state index contributed by atoms with van der Waals surface area (Å²) >= 11 is 0. The van der Waals surface area contributed by atoms with Crippen LogP contribution >= 0.6 is 0 Å². The summed E-state index contributed by atoms with van der Waals surface area (Å²) < 4.78 is 0. The minimum absolute atomic E-state index is 0.320. The number of hydrogen-bond donors (Lipinski definition) is 0. The first-order valence-corrected chi connectivity index (χ1v) is 4.95. The third-order valence-corrected chi connectivity index (χ3v) is 2.22. The Bertz CT molecular complexity index is 118. The van der Waals surface area contributed by atoms with Crippen LogP contribution in [-0.2, 0) is 4.79 Å². The molecule has 0 N–H and O–H groups in total. The Balaban J connectivity index is 3.05. The second-order valence-corrected chi connectivity index (χ2v) is 3.70. The molecule has 0 aliphatic rings. The van der Waals surface area contributed by atoms with Crippen molar-refractivity contribution in [2.24, 2.45) is 5.92 Å². The van der Waals surface area contributed by atoms with Crippen LogP contribution in [0.25, 0.3) is 0 Å². The Morgan fingerprint density at radius 3 is 2.50 bits per heavy atom. The van der Waals surface area contributed by atoms with E-state index in [4.69, 9.17) is 0 Å². The molecule has 0 aliphatic heterocycles. The lowest BCUT2D eigenvalue weighted by Gasteiger charge is -2.06. The van der Waals surface area contributed by atoms with E-state index < -0.39 is 0 Å². The summed E-state index contributed by atoms with van der Waals surface area (Å²) in [6.45, 7) is 7.76. The first kappa shape index (κ1) is 11.7. The van der Waals surface area contributed by atoms with Gasteiger partial charge in [0.25, 0.3) is 0 Å². The monoisotopic (exact) mass is 169 g/mol. The summed E-state index contributed by atoms with van der Waals surface area (Å²) in [5.41, 5.74) is 0. The van der Waals surface area contributed by atoms with Crippen LogP contribution in [0.1, 0.15) is 52.4 Å². The number of hydrogen-bond acceptors (Lipinski definition) is 1. The van der Waals surface area contributed by atoms with Crippen molar-refractivity contribution in [1.82, 2.24) is 0 Å². The molecule has 1 unspecified atom stereocenters. The summed E-state index contributed by atoms with van der Waals surface area (Å²) in [6, 6.07) is 0. The van der Waals surface area contributed by atoms with E-state index in [1.807, 2.05) is 0 Å². The zero-order valence-electron chi connectivity index (χ0n) is 8.44. The summed E-state index contributed by atoms with van der Waals surface area (Å²) in [5, 5.41) is 0. The Hall–Kier alpha value is -0.330. The van der Waals surface area contributed by atoms with Crippen molar-refractivity contribution < 1.29 is 4.79 Å². The highest BCUT2D eigenvalue weighted by atomic mass is 16.1. The molecule has 0 amide bonds. The first-order valence-electron chi connectivity index (χ1n) is 4.95. The molecular weight excluding hydrogens is 148 g/mol. The molecule has 0 rings (SSSR count). The van der Waals surface area contributed by atoms with Gasteiger partial charge in [0.1, 0.15) is 5.78 Å². The standard InChI is InChI=1S/C11H21O/c1-4-10(2)8-6-5-7-9-11(3)12/h10H,1,4-9H2,2-3H3. The SMILES string of the molecule is [CH2]CC(C)CCCCCC(C)=O. The summed E-state index contributed by atoms with van der Waals surface area (Å²) in [4.78, 5) is 10.6. The van der Waals surface area contributed by atoms with Crippen LogP contribution in [0, 0.1) is 12.8 Å². The molecule has 0 saturated carbocycles. The maximum absolute atomic E-state index is 10.6. The van der Waals surface area contributed by atoms with E-state index in [0.717, 1.165) is 25.2 Å². The van der Waals surface area contributed by atoms with Gasteiger partial charge in [-0.1, -0.05) is 39.5 Å². The third kappa shape index (κ3) is 7.77. The second kappa shape index (κ2) is 7.33. The largest absolute Gasteiger partial charge is 0.300 e. The number of rotatable bonds is 7. The predicted molar refractivity (Wildman–Crippen MR) is 52.9 cm³/mol. The van der Waals surface area contributed by atoms with Gasteiger partial charge in [0.15, 0.2) is 0 Å². The topological polar surface area (TPSA) is 17.1 Å². The van der Waals surface area contributed by atoms with Crippen LogP contribution in [-0.4, -0.2) is 5.78 Å². The molecule has 0 bridgehead atoms. The average Bonchev–Trinajstić information content (AvgIpc) is 2.03. The molecule has 0 spiro atoms. The van der Waals surface area contributed by atoms with Crippen LogP contribution in [0.2, 0.25) is 0 Å². The Kier molecular flexibility index (Phi) is 7.12. The molecule has 1 atom stereocenters. The molecule has 0 saturated heterocycles. The van der Waals surface area contributed by atoms with Crippen LogP contribution in [0.15, 0.2) is 0 Å². The van der Waals surface area contributed by atoms with Crippen LogP contribution in [0.3, 0.4) is 0 Å². The average molecular weight is 169 g/mol. The molecular formula is C11H21O. The highest BCUT2D eigenvalue weighted by molar-refractivity contribution is 5.75. The molecule has 0 aromatic carbocycles. The Labute approximate surface area is 76.6 Å². The number of ketones is 1. The fraction of sp³-hybridized carbons (Fsp3) is 0.818. The highest BCUT2D eigenvalue weighted by Gasteiger charge is 1.98. The Morgan fingerprint density at radius 2 is 2.00 bits per heavy atom. The molecule has 1 nitrogen and oxygen atoms in total. The number of unbranched alkanes of at least 4 members (excludes halogenated alkanes) is 2.